The summed E-state index contributed by atoms with van der Waals surface area (Å²) in [5, 5.41) is 3.37. The van der Waals surface area contributed by atoms with E-state index >= 15 is 0 Å². The van der Waals surface area contributed by atoms with E-state index < -0.39 is 44.7 Å². The van der Waals surface area contributed by atoms with Gasteiger partial charge in [0.1, 0.15) is 10.7 Å². The number of nitrogens with one attached hydrogen (secondary N) is 1. The summed E-state index contributed by atoms with van der Waals surface area (Å²) in [6, 6.07) is 2.46. The van der Waals surface area contributed by atoms with Gasteiger partial charge in [0.25, 0.3) is 0 Å². The van der Waals surface area contributed by atoms with Crippen LogP contribution in [0.4, 0.5) is 27.8 Å². The number of rotatable bonds is 7. The predicted octanol–water partition coefficient (Wildman–Crippen LogP) is 3.25. The highest BCUT2D eigenvalue weighted by Crippen LogP contribution is 2.22. The van der Waals surface area contributed by atoms with Crippen LogP contribution in [-0.4, -0.2) is 37.0 Å². The smallest absolute Gasteiger partial charge is 0.244 e. The Bertz CT molecular complexity index is 964. The normalized spacial score (nSPS) is 12.1. The zero-order valence-corrected chi connectivity index (χ0v) is 15.5. The molecule has 2 rings (SSSR count). The Labute approximate surface area is 157 Å². The predicted molar refractivity (Wildman–Crippen MR) is 91.8 cm³/mol. The number of benzene rings is 1. The van der Waals surface area contributed by atoms with Crippen molar-refractivity contribution in [2.75, 3.05) is 18.5 Å². The summed E-state index contributed by atoms with van der Waals surface area (Å²) < 4.78 is 92.1. The lowest BCUT2D eigenvalue weighted by Gasteiger charge is -2.18. The van der Waals surface area contributed by atoms with Gasteiger partial charge in [0.2, 0.25) is 15.8 Å². The molecule has 12 heteroatoms. The Morgan fingerprint density at radius 3 is 2.00 bits per heavy atom. The average molecular weight is 422 g/mol. The fraction of sp³-hybridized carbons (Fsp3) is 0.250. The number of sulfonamides is 1. The Hall–Kier alpha value is -2.60. The Morgan fingerprint density at radius 2 is 1.54 bits per heavy atom. The lowest BCUT2D eigenvalue weighted by atomic mass is 10.2. The number of halogens is 5. The van der Waals surface area contributed by atoms with Crippen LogP contribution in [0.2, 0.25) is 0 Å². The maximum Gasteiger partial charge on any atom is 0.244 e. The molecule has 0 aliphatic heterocycles. The first-order chi connectivity index (χ1) is 13.1. The molecule has 28 heavy (non-hydrogen) atoms. The molecule has 152 valence electrons. The van der Waals surface area contributed by atoms with Crippen LogP contribution >= 0.6 is 0 Å². The van der Waals surface area contributed by atoms with Crippen molar-refractivity contribution in [1.29, 1.82) is 0 Å². The van der Waals surface area contributed by atoms with Crippen molar-refractivity contribution in [1.82, 2.24) is 9.29 Å². The van der Waals surface area contributed by atoms with E-state index in [-0.39, 0.29) is 23.8 Å². The third-order valence-electron chi connectivity index (χ3n) is 3.70. The largest absolute Gasteiger partial charge is 0.261 e. The van der Waals surface area contributed by atoms with Crippen LogP contribution in [0.1, 0.15) is 19.4 Å². The van der Waals surface area contributed by atoms with Crippen LogP contribution in [0.5, 0.6) is 0 Å². The van der Waals surface area contributed by atoms with E-state index in [9.17, 15) is 30.4 Å². The van der Waals surface area contributed by atoms with Crippen molar-refractivity contribution in [2.24, 2.45) is 5.10 Å². The van der Waals surface area contributed by atoms with Crippen LogP contribution < -0.4 is 5.43 Å². The molecule has 1 N–H and O–H groups in total. The summed E-state index contributed by atoms with van der Waals surface area (Å²) in [7, 11) is -3.72. The Kier molecular flexibility index (Phi) is 6.67. The first-order valence-electron chi connectivity index (χ1n) is 7.91. The van der Waals surface area contributed by atoms with Gasteiger partial charge in [0, 0.05) is 19.3 Å². The third kappa shape index (κ3) is 4.12. The molecular formula is C16H15F5N4O2S. The van der Waals surface area contributed by atoms with Crippen molar-refractivity contribution in [3.8, 4) is 0 Å². The van der Waals surface area contributed by atoms with Gasteiger partial charge in [0.05, 0.1) is 11.8 Å². The van der Waals surface area contributed by atoms with Gasteiger partial charge in [-0.1, -0.05) is 13.8 Å². The molecule has 0 unspecified atom stereocenters. The number of nitrogens with zero attached hydrogens (tertiary/aromatic N) is 3. The molecule has 0 radical (unpaired) electrons. The first kappa shape index (κ1) is 21.7. The number of pyridine rings is 1. The van der Waals surface area contributed by atoms with Gasteiger partial charge >= 0.3 is 0 Å². The summed E-state index contributed by atoms with van der Waals surface area (Å²) >= 11 is 0. The highest BCUT2D eigenvalue weighted by molar-refractivity contribution is 7.89. The molecule has 0 aliphatic carbocycles. The molecule has 0 amide bonds. The second-order valence-electron chi connectivity index (χ2n) is 5.32. The molecule has 0 fully saturated rings. The van der Waals surface area contributed by atoms with Crippen LogP contribution in [0.3, 0.4) is 0 Å². The Balaban J connectivity index is 2.21. The second kappa shape index (κ2) is 8.61. The standard InChI is InChI=1S/C16H15F5N4O2S/c1-3-25(4-2)28(26,27)9-5-6-11(22-7-9)24-23-8-10-12(17)14(19)16(21)15(20)13(10)18/h5-8H,3-4H2,1-2H3,(H,22,24)/b23-8+. The lowest BCUT2D eigenvalue weighted by Crippen LogP contribution is -2.30. The first-order valence-corrected chi connectivity index (χ1v) is 9.35. The summed E-state index contributed by atoms with van der Waals surface area (Å²) in [5.74, 6) is -10.5. The molecule has 1 aromatic carbocycles. The molecule has 1 heterocycles. The van der Waals surface area contributed by atoms with Crippen molar-refractivity contribution in [3.63, 3.8) is 0 Å². The third-order valence-corrected chi connectivity index (χ3v) is 5.73. The molecule has 0 saturated carbocycles. The minimum absolute atomic E-state index is 0.0152. The molecule has 0 spiro atoms. The molecule has 2 aromatic rings. The van der Waals surface area contributed by atoms with Gasteiger partial charge in [-0.25, -0.2) is 35.4 Å². The number of hydrazone groups is 1. The highest BCUT2D eigenvalue weighted by Gasteiger charge is 2.25. The fourth-order valence-corrected chi connectivity index (χ4v) is 3.61. The molecular weight excluding hydrogens is 407 g/mol. The van der Waals surface area contributed by atoms with E-state index in [1.165, 1.54) is 16.4 Å². The van der Waals surface area contributed by atoms with Crippen molar-refractivity contribution < 1.29 is 30.4 Å². The number of anilines is 1. The Morgan fingerprint density at radius 1 is 1.00 bits per heavy atom. The minimum atomic E-state index is -3.72. The van der Waals surface area contributed by atoms with E-state index in [4.69, 9.17) is 0 Å². The van der Waals surface area contributed by atoms with Gasteiger partial charge in [0.15, 0.2) is 23.3 Å². The molecule has 1 aromatic heterocycles. The number of hydrogen-bond acceptors (Lipinski definition) is 5. The van der Waals surface area contributed by atoms with Crippen molar-refractivity contribution >= 4 is 22.1 Å². The zero-order chi connectivity index (χ0) is 21.1. The van der Waals surface area contributed by atoms with E-state index in [0.29, 0.717) is 6.21 Å². The van der Waals surface area contributed by atoms with Crippen LogP contribution in [0.15, 0.2) is 28.3 Å². The maximum atomic E-state index is 13.5. The molecule has 0 atom stereocenters. The van der Waals surface area contributed by atoms with Gasteiger partial charge < -0.3 is 0 Å². The summed E-state index contributed by atoms with van der Waals surface area (Å²) in [4.78, 5) is 3.72. The van der Waals surface area contributed by atoms with Crippen LogP contribution in [0.25, 0.3) is 0 Å². The summed E-state index contributed by atoms with van der Waals surface area (Å²) in [6.45, 7) is 3.90. The van der Waals surface area contributed by atoms with Crippen molar-refractivity contribution in [2.45, 2.75) is 18.7 Å². The zero-order valence-electron chi connectivity index (χ0n) is 14.7. The fourth-order valence-electron chi connectivity index (χ4n) is 2.21. The lowest BCUT2D eigenvalue weighted by molar-refractivity contribution is 0.377. The molecule has 0 bridgehead atoms. The van der Waals surface area contributed by atoms with Gasteiger partial charge in [-0.05, 0) is 12.1 Å². The van der Waals surface area contributed by atoms with E-state index in [1.807, 2.05) is 0 Å². The minimum Gasteiger partial charge on any atom is -0.261 e. The van der Waals surface area contributed by atoms with Crippen LogP contribution in [0, 0.1) is 29.1 Å². The highest BCUT2D eigenvalue weighted by atomic mass is 32.2. The van der Waals surface area contributed by atoms with E-state index in [0.717, 1.165) is 6.20 Å². The maximum absolute atomic E-state index is 13.5. The van der Waals surface area contributed by atoms with Gasteiger partial charge in [-0.3, -0.25) is 5.43 Å². The second-order valence-corrected chi connectivity index (χ2v) is 7.26. The van der Waals surface area contributed by atoms with E-state index in [1.54, 1.807) is 13.8 Å². The SMILES string of the molecule is CCN(CC)S(=O)(=O)c1ccc(N/N=C/c2c(F)c(F)c(F)c(F)c2F)nc1. The number of aromatic nitrogens is 1. The van der Waals surface area contributed by atoms with Gasteiger partial charge in [-0.15, -0.1) is 0 Å². The molecule has 0 saturated heterocycles. The molecule has 0 aliphatic rings. The average Bonchev–Trinajstić information content (AvgIpc) is 2.68. The van der Waals surface area contributed by atoms with Gasteiger partial charge in [-0.2, -0.15) is 9.41 Å². The quantitative estimate of drug-likeness (QED) is 0.244. The van der Waals surface area contributed by atoms with Crippen LogP contribution in [-0.2, 0) is 10.0 Å². The van der Waals surface area contributed by atoms with E-state index in [2.05, 4.69) is 15.5 Å². The summed E-state index contributed by atoms with van der Waals surface area (Å²) in [5.41, 5.74) is 0.983. The summed E-state index contributed by atoms with van der Waals surface area (Å²) in [6.07, 6.45) is 1.45. The van der Waals surface area contributed by atoms with Crippen molar-refractivity contribution in [3.05, 3.63) is 53.0 Å². The monoisotopic (exact) mass is 422 g/mol. The number of hydrogen-bond donors (Lipinski definition) is 1. The molecule has 6 nitrogen and oxygen atoms in total. The topological polar surface area (TPSA) is 74.7 Å².